The van der Waals surface area contributed by atoms with Crippen LogP contribution in [0.5, 0.6) is 5.75 Å². The molecule has 0 aliphatic carbocycles. The molecule has 2 N–H and O–H groups in total. The van der Waals surface area contributed by atoms with E-state index in [1.54, 1.807) is 12.1 Å². The normalized spacial score (nSPS) is 11.4. The number of carboxylic acids is 1. The molecule has 0 atom stereocenters. The fourth-order valence-electron chi connectivity index (χ4n) is 1.89. The largest absolute Gasteiger partial charge is 0.489 e. The van der Waals surface area contributed by atoms with Crippen LogP contribution in [0.2, 0.25) is 0 Å². The van der Waals surface area contributed by atoms with Gasteiger partial charge < -0.3 is 15.2 Å². The average molecular weight is 332 g/mol. The van der Waals surface area contributed by atoms with Crippen molar-refractivity contribution in [1.82, 2.24) is 14.8 Å². The van der Waals surface area contributed by atoms with Crippen LogP contribution in [-0.2, 0) is 10.3 Å². The number of aliphatic carboxylic acids is 1. The van der Waals surface area contributed by atoms with Crippen molar-refractivity contribution in [2.75, 3.05) is 5.32 Å². The lowest BCUT2D eigenvalue weighted by molar-refractivity contribution is -0.146. The molecule has 0 aliphatic rings. The van der Waals surface area contributed by atoms with Gasteiger partial charge in [0.25, 0.3) is 5.91 Å². The number of anilines is 1. The summed E-state index contributed by atoms with van der Waals surface area (Å²) in [5.74, 6) is -1.11. The molecule has 2 aromatic heterocycles. The van der Waals surface area contributed by atoms with Crippen molar-refractivity contribution in [2.24, 2.45) is 0 Å². The van der Waals surface area contributed by atoms with Crippen molar-refractivity contribution < 1.29 is 19.4 Å². The molecule has 0 bridgehead atoms. The Bertz CT molecular complexity index is 752. The number of aromatic nitrogens is 3. The number of pyridine rings is 1. The zero-order valence-corrected chi connectivity index (χ0v) is 14.0. The van der Waals surface area contributed by atoms with Crippen LogP contribution in [0.3, 0.4) is 0 Å². The van der Waals surface area contributed by atoms with E-state index in [0.717, 1.165) is 0 Å². The fourth-order valence-corrected chi connectivity index (χ4v) is 1.89. The number of hydrogen-bond donors (Lipinski definition) is 2. The number of amides is 1. The molecule has 24 heavy (non-hydrogen) atoms. The van der Waals surface area contributed by atoms with Gasteiger partial charge in [0.1, 0.15) is 0 Å². The molecule has 0 aliphatic heterocycles. The quantitative estimate of drug-likeness (QED) is 0.839. The lowest BCUT2D eigenvalue weighted by atomic mass is 10.1. The van der Waals surface area contributed by atoms with Crippen molar-refractivity contribution in [3.63, 3.8) is 0 Å². The van der Waals surface area contributed by atoms with Gasteiger partial charge in [-0.2, -0.15) is 5.10 Å². The van der Waals surface area contributed by atoms with Crippen molar-refractivity contribution in [1.29, 1.82) is 0 Å². The first-order valence-corrected chi connectivity index (χ1v) is 7.43. The first-order chi connectivity index (χ1) is 11.2. The van der Waals surface area contributed by atoms with Crippen molar-refractivity contribution in [3.05, 3.63) is 36.4 Å². The number of rotatable bonds is 6. The van der Waals surface area contributed by atoms with Gasteiger partial charge in [-0.25, -0.2) is 9.78 Å². The first-order valence-electron chi connectivity index (χ1n) is 7.43. The molecule has 0 aromatic carbocycles. The predicted molar refractivity (Wildman–Crippen MR) is 87.1 cm³/mol. The summed E-state index contributed by atoms with van der Waals surface area (Å²) in [6.45, 7) is 6.74. The highest BCUT2D eigenvalue weighted by Crippen LogP contribution is 2.20. The van der Waals surface area contributed by atoms with Gasteiger partial charge in [-0.3, -0.25) is 9.48 Å². The lowest BCUT2D eigenvalue weighted by Gasteiger charge is -2.19. The SMILES string of the molecule is CC(C)Oc1cccnc1C(=O)Nc1cnn(C(C)(C)C(=O)O)c1. The lowest BCUT2D eigenvalue weighted by Crippen LogP contribution is -2.35. The summed E-state index contributed by atoms with van der Waals surface area (Å²) in [5, 5.41) is 15.9. The van der Waals surface area contributed by atoms with Crippen LogP contribution in [0.1, 0.15) is 38.2 Å². The summed E-state index contributed by atoms with van der Waals surface area (Å²) >= 11 is 0. The van der Waals surface area contributed by atoms with E-state index in [9.17, 15) is 14.7 Å². The first kappa shape index (κ1) is 17.5. The van der Waals surface area contributed by atoms with E-state index < -0.39 is 17.4 Å². The fraction of sp³-hybridized carbons (Fsp3) is 0.375. The van der Waals surface area contributed by atoms with Crippen molar-refractivity contribution >= 4 is 17.6 Å². The van der Waals surface area contributed by atoms with E-state index >= 15 is 0 Å². The van der Waals surface area contributed by atoms with Crippen LogP contribution in [0.4, 0.5) is 5.69 Å². The number of ether oxygens (including phenoxy) is 1. The van der Waals surface area contributed by atoms with Gasteiger partial charge in [0.05, 0.1) is 18.0 Å². The molecule has 8 heteroatoms. The Kier molecular flexibility index (Phi) is 4.87. The topological polar surface area (TPSA) is 106 Å². The number of carbonyl (C=O) groups excluding carboxylic acids is 1. The third kappa shape index (κ3) is 3.70. The number of hydrogen-bond acceptors (Lipinski definition) is 5. The Hall–Kier alpha value is -2.90. The molecule has 0 spiro atoms. The zero-order valence-electron chi connectivity index (χ0n) is 14.0. The second kappa shape index (κ2) is 6.69. The Balaban J connectivity index is 2.20. The molecule has 2 rings (SSSR count). The maximum absolute atomic E-state index is 12.4. The van der Waals surface area contributed by atoms with Gasteiger partial charge in [-0.15, -0.1) is 0 Å². The second-order valence-electron chi connectivity index (χ2n) is 6.01. The smallest absolute Gasteiger partial charge is 0.331 e. The van der Waals surface area contributed by atoms with Gasteiger partial charge in [-0.05, 0) is 39.8 Å². The number of carbonyl (C=O) groups is 2. The summed E-state index contributed by atoms with van der Waals surface area (Å²) in [6.07, 6.45) is 4.24. The van der Waals surface area contributed by atoms with E-state index in [-0.39, 0.29) is 11.8 Å². The van der Waals surface area contributed by atoms with E-state index in [1.807, 2.05) is 13.8 Å². The summed E-state index contributed by atoms with van der Waals surface area (Å²) in [7, 11) is 0. The minimum atomic E-state index is -1.22. The van der Waals surface area contributed by atoms with E-state index in [4.69, 9.17) is 4.74 Å². The predicted octanol–water partition coefficient (Wildman–Crippen LogP) is 2.14. The van der Waals surface area contributed by atoms with Gasteiger partial charge in [0.15, 0.2) is 17.0 Å². The third-order valence-electron chi connectivity index (χ3n) is 3.29. The standard InChI is InChI=1S/C16H20N4O4/c1-10(2)24-12-6-5-7-17-13(12)14(21)19-11-8-18-20(9-11)16(3,4)15(22)23/h5-10H,1-4H3,(H,19,21)(H,22,23). The Morgan fingerprint density at radius 2 is 2.08 bits per heavy atom. The molecule has 0 unspecified atom stereocenters. The highest BCUT2D eigenvalue weighted by Gasteiger charge is 2.30. The molecule has 0 radical (unpaired) electrons. The van der Waals surface area contributed by atoms with Crippen LogP contribution in [0.25, 0.3) is 0 Å². The van der Waals surface area contributed by atoms with Crippen molar-refractivity contribution in [3.8, 4) is 5.75 Å². The maximum atomic E-state index is 12.4. The Labute approximate surface area is 139 Å². The number of nitrogens with one attached hydrogen (secondary N) is 1. The van der Waals surface area contributed by atoms with Crippen LogP contribution in [0.15, 0.2) is 30.7 Å². The monoisotopic (exact) mass is 332 g/mol. The van der Waals surface area contributed by atoms with E-state index in [0.29, 0.717) is 11.4 Å². The Morgan fingerprint density at radius 3 is 2.71 bits per heavy atom. The van der Waals surface area contributed by atoms with Crippen LogP contribution >= 0.6 is 0 Å². The summed E-state index contributed by atoms with van der Waals surface area (Å²) < 4.78 is 6.85. The molecule has 1 amide bonds. The van der Waals surface area contributed by atoms with E-state index in [2.05, 4.69) is 15.4 Å². The van der Waals surface area contributed by atoms with Gasteiger partial charge >= 0.3 is 5.97 Å². The van der Waals surface area contributed by atoms with Crippen LogP contribution < -0.4 is 10.1 Å². The molecule has 8 nitrogen and oxygen atoms in total. The molecular weight excluding hydrogens is 312 g/mol. The van der Waals surface area contributed by atoms with Gasteiger partial charge in [0.2, 0.25) is 0 Å². The minimum absolute atomic E-state index is 0.0973. The maximum Gasteiger partial charge on any atom is 0.331 e. The third-order valence-corrected chi connectivity index (χ3v) is 3.29. The highest BCUT2D eigenvalue weighted by atomic mass is 16.5. The molecular formula is C16H20N4O4. The molecule has 0 saturated carbocycles. The van der Waals surface area contributed by atoms with Gasteiger partial charge in [0, 0.05) is 12.4 Å². The molecule has 0 fully saturated rings. The second-order valence-corrected chi connectivity index (χ2v) is 6.01. The van der Waals surface area contributed by atoms with Crippen molar-refractivity contribution in [2.45, 2.75) is 39.3 Å². The number of nitrogens with zero attached hydrogens (tertiary/aromatic N) is 3. The van der Waals surface area contributed by atoms with Gasteiger partial charge in [-0.1, -0.05) is 0 Å². The zero-order chi connectivity index (χ0) is 17.9. The summed E-state index contributed by atoms with van der Waals surface area (Å²) in [4.78, 5) is 27.7. The van der Waals surface area contributed by atoms with Crippen LogP contribution in [-0.4, -0.2) is 37.9 Å². The highest BCUT2D eigenvalue weighted by molar-refractivity contribution is 6.04. The molecule has 128 valence electrons. The number of carboxylic acid groups (broad SMARTS) is 1. The van der Waals surface area contributed by atoms with E-state index in [1.165, 1.54) is 37.1 Å². The molecule has 2 heterocycles. The average Bonchev–Trinajstić information content (AvgIpc) is 2.96. The van der Waals surface area contributed by atoms with Crippen LogP contribution in [0, 0.1) is 0 Å². The summed E-state index contributed by atoms with van der Waals surface area (Å²) in [6, 6.07) is 3.35. The molecule has 0 saturated heterocycles. The molecule has 2 aromatic rings. The summed E-state index contributed by atoms with van der Waals surface area (Å²) in [5.41, 5.74) is -0.702. The Morgan fingerprint density at radius 1 is 1.38 bits per heavy atom. The minimum Gasteiger partial charge on any atom is -0.489 e.